The summed E-state index contributed by atoms with van der Waals surface area (Å²) in [5, 5.41) is 8.68. The summed E-state index contributed by atoms with van der Waals surface area (Å²) in [5.74, 6) is -0.313. The number of ether oxygens (including phenoxy) is 2. The molecule has 0 saturated carbocycles. The number of halogens is 2. The standard InChI is InChI=1S/C9H5BrFNO2/c10-6-3-7-9(14-2-1-13-7)8(11)5(6)4-12/h3H,1-2H2. The van der Waals surface area contributed by atoms with Crippen LogP contribution in [-0.2, 0) is 0 Å². The molecule has 1 aromatic carbocycles. The lowest BCUT2D eigenvalue weighted by Crippen LogP contribution is -2.16. The summed E-state index contributed by atoms with van der Waals surface area (Å²) >= 11 is 3.09. The van der Waals surface area contributed by atoms with Crippen LogP contribution in [0.2, 0.25) is 0 Å². The van der Waals surface area contributed by atoms with Crippen molar-refractivity contribution in [2.75, 3.05) is 13.2 Å². The summed E-state index contributed by atoms with van der Waals surface area (Å²) in [4.78, 5) is 0. The maximum atomic E-state index is 13.6. The van der Waals surface area contributed by atoms with Crippen molar-refractivity contribution in [2.45, 2.75) is 0 Å². The van der Waals surface area contributed by atoms with Gasteiger partial charge in [0.2, 0.25) is 0 Å². The maximum absolute atomic E-state index is 13.6. The Hall–Kier alpha value is -1.28. The highest BCUT2D eigenvalue weighted by atomic mass is 79.9. The van der Waals surface area contributed by atoms with E-state index in [0.717, 1.165) is 0 Å². The van der Waals surface area contributed by atoms with E-state index in [2.05, 4.69) is 15.9 Å². The molecule has 0 spiro atoms. The third kappa shape index (κ3) is 1.32. The average Bonchev–Trinajstić information content (AvgIpc) is 2.18. The summed E-state index contributed by atoms with van der Waals surface area (Å²) in [6, 6.07) is 3.29. The molecule has 2 rings (SSSR count). The van der Waals surface area contributed by atoms with Crippen molar-refractivity contribution >= 4 is 15.9 Å². The molecule has 1 aliphatic heterocycles. The topological polar surface area (TPSA) is 42.2 Å². The van der Waals surface area contributed by atoms with Crippen LogP contribution in [-0.4, -0.2) is 13.2 Å². The van der Waals surface area contributed by atoms with Crippen LogP contribution in [0.5, 0.6) is 11.5 Å². The molecular formula is C9H5BrFNO2. The van der Waals surface area contributed by atoms with Crippen molar-refractivity contribution in [3.63, 3.8) is 0 Å². The van der Waals surface area contributed by atoms with Gasteiger partial charge in [-0.1, -0.05) is 0 Å². The number of hydrogen-bond donors (Lipinski definition) is 0. The van der Waals surface area contributed by atoms with Crippen LogP contribution in [0.3, 0.4) is 0 Å². The Kier molecular flexibility index (Phi) is 2.30. The van der Waals surface area contributed by atoms with E-state index in [-0.39, 0.29) is 11.3 Å². The maximum Gasteiger partial charge on any atom is 0.198 e. The molecular weight excluding hydrogens is 253 g/mol. The SMILES string of the molecule is N#Cc1c(Br)cc2c(c1F)OCCO2. The van der Waals surface area contributed by atoms with Crippen LogP contribution in [0.25, 0.3) is 0 Å². The lowest BCUT2D eigenvalue weighted by Gasteiger charge is -2.19. The number of nitrogens with zero attached hydrogens (tertiary/aromatic N) is 1. The zero-order valence-corrected chi connectivity index (χ0v) is 8.60. The van der Waals surface area contributed by atoms with Gasteiger partial charge in [0.15, 0.2) is 17.3 Å². The van der Waals surface area contributed by atoms with Gasteiger partial charge in [0.1, 0.15) is 24.8 Å². The monoisotopic (exact) mass is 257 g/mol. The van der Waals surface area contributed by atoms with E-state index in [4.69, 9.17) is 14.7 Å². The molecule has 0 fully saturated rings. The molecule has 0 bridgehead atoms. The predicted molar refractivity (Wildman–Crippen MR) is 49.8 cm³/mol. The average molecular weight is 258 g/mol. The second-order valence-corrected chi connectivity index (χ2v) is 3.54. The first-order valence-electron chi connectivity index (χ1n) is 3.91. The summed E-state index contributed by atoms with van der Waals surface area (Å²) in [6.45, 7) is 0.696. The summed E-state index contributed by atoms with van der Waals surface area (Å²) < 4.78 is 24.2. The van der Waals surface area contributed by atoms with Crippen LogP contribution in [0.4, 0.5) is 4.39 Å². The Morgan fingerprint density at radius 3 is 2.86 bits per heavy atom. The smallest absolute Gasteiger partial charge is 0.198 e. The Morgan fingerprint density at radius 2 is 2.14 bits per heavy atom. The molecule has 1 aromatic rings. The van der Waals surface area contributed by atoms with Crippen LogP contribution >= 0.6 is 15.9 Å². The minimum absolute atomic E-state index is 0.0241. The molecule has 1 heterocycles. The van der Waals surface area contributed by atoms with Crippen LogP contribution in [0.15, 0.2) is 10.5 Å². The number of benzene rings is 1. The lowest BCUT2D eigenvalue weighted by molar-refractivity contribution is 0.164. The van der Waals surface area contributed by atoms with Crippen molar-refractivity contribution < 1.29 is 13.9 Å². The molecule has 1 aliphatic rings. The Balaban J connectivity index is 2.65. The largest absolute Gasteiger partial charge is 0.486 e. The van der Waals surface area contributed by atoms with E-state index in [0.29, 0.717) is 23.4 Å². The number of hydrogen-bond acceptors (Lipinski definition) is 3. The van der Waals surface area contributed by atoms with Gasteiger partial charge in [-0.05, 0) is 22.0 Å². The normalized spacial score (nSPS) is 13.5. The van der Waals surface area contributed by atoms with Crippen molar-refractivity contribution in [2.24, 2.45) is 0 Å². The summed E-state index contributed by atoms with van der Waals surface area (Å²) in [7, 11) is 0. The van der Waals surface area contributed by atoms with E-state index in [1.165, 1.54) is 6.07 Å². The number of fused-ring (bicyclic) bond motifs is 1. The first-order chi connectivity index (χ1) is 6.74. The van der Waals surface area contributed by atoms with Gasteiger partial charge in [0, 0.05) is 4.47 Å². The molecule has 0 saturated heterocycles. The molecule has 14 heavy (non-hydrogen) atoms. The van der Waals surface area contributed by atoms with Gasteiger partial charge in [0.05, 0.1) is 0 Å². The Bertz CT molecular complexity index is 428. The predicted octanol–water partition coefficient (Wildman–Crippen LogP) is 2.23. The summed E-state index contributed by atoms with van der Waals surface area (Å²) in [6.07, 6.45) is 0. The molecule has 0 unspecified atom stereocenters. The minimum Gasteiger partial charge on any atom is -0.486 e. The van der Waals surface area contributed by atoms with E-state index in [1.54, 1.807) is 6.07 Å². The van der Waals surface area contributed by atoms with Crippen LogP contribution in [0.1, 0.15) is 5.56 Å². The molecule has 0 amide bonds. The zero-order chi connectivity index (χ0) is 10.1. The third-order valence-corrected chi connectivity index (χ3v) is 2.46. The van der Waals surface area contributed by atoms with Gasteiger partial charge in [-0.25, -0.2) is 4.39 Å². The van der Waals surface area contributed by atoms with Crippen LogP contribution < -0.4 is 9.47 Å². The van der Waals surface area contributed by atoms with Crippen molar-refractivity contribution in [3.8, 4) is 17.6 Å². The van der Waals surface area contributed by atoms with Crippen molar-refractivity contribution in [1.82, 2.24) is 0 Å². The molecule has 0 aliphatic carbocycles. The molecule has 0 aromatic heterocycles. The van der Waals surface area contributed by atoms with Gasteiger partial charge >= 0.3 is 0 Å². The van der Waals surface area contributed by atoms with Gasteiger partial charge in [-0.15, -0.1) is 0 Å². The highest BCUT2D eigenvalue weighted by molar-refractivity contribution is 9.10. The molecule has 0 radical (unpaired) electrons. The lowest BCUT2D eigenvalue weighted by atomic mass is 10.2. The van der Waals surface area contributed by atoms with Crippen molar-refractivity contribution in [3.05, 3.63) is 21.9 Å². The fraction of sp³-hybridized carbons (Fsp3) is 0.222. The first-order valence-corrected chi connectivity index (χ1v) is 4.71. The summed E-state index contributed by atoms with van der Waals surface area (Å²) in [5.41, 5.74) is -0.0609. The second kappa shape index (κ2) is 3.46. The highest BCUT2D eigenvalue weighted by Crippen LogP contribution is 2.38. The first kappa shape index (κ1) is 9.28. The van der Waals surface area contributed by atoms with Gasteiger partial charge < -0.3 is 9.47 Å². The second-order valence-electron chi connectivity index (χ2n) is 2.68. The molecule has 3 nitrogen and oxygen atoms in total. The van der Waals surface area contributed by atoms with Crippen LogP contribution in [0, 0.1) is 17.1 Å². The van der Waals surface area contributed by atoms with Gasteiger partial charge in [0.25, 0.3) is 0 Å². The fourth-order valence-corrected chi connectivity index (χ4v) is 1.69. The Morgan fingerprint density at radius 1 is 1.43 bits per heavy atom. The molecule has 0 N–H and O–H groups in total. The number of nitriles is 1. The van der Waals surface area contributed by atoms with Crippen molar-refractivity contribution in [1.29, 1.82) is 5.26 Å². The van der Waals surface area contributed by atoms with E-state index in [9.17, 15) is 4.39 Å². The highest BCUT2D eigenvalue weighted by Gasteiger charge is 2.22. The fourth-order valence-electron chi connectivity index (χ4n) is 1.22. The number of rotatable bonds is 0. The minimum atomic E-state index is -0.670. The molecule has 72 valence electrons. The molecule has 0 atom stereocenters. The van der Waals surface area contributed by atoms with E-state index < -0.39 is 5.82 Å². The molecule has 5 heteroatoms. The van der Waals surface area contributed by atoms with E-state index in [1.807, 2.05) is 0 Å². The Labute approximate surface area is 88.2 Å². The zero-order valence-electron chi connectivity index (χ0n) is 7.01. The van der Waals surface area contributed by atoms with Gasteiger partial charge in [-0.2, -0.15) is 5.26 Å². The van der Waals surface area contributed by atoms with Gasteiger partial charge in [-0.3, -0.25) is 0 Å². The van der Waals surface area contributed by atoms with E-state index >= 15 is 0 Å². The third-order valence-electron chi connectivity index (χ3n) is 1.84. The quantitative estimate of drug-likeness (QED) is 0.716.